The van der Waals surface area contributed by atoms with Crippen molar-refractivity contribution in [3.05, 3.63) is 35.4 Å². The zero-order valence-electron chi connectivity index (χ0n) is 13.2. The van der Waals surface area contributed by atoms with Crippen LogP contribution in [0, 0.1) is 5.92 Å². The quantitative estimate of drug-likeness (QED) is 0.722. The van der Waals surface area contributed by atoms with Gasteiger partial charge in [0.15, 0.2) is 0 Å². The number of ether oxygens (including phenoxy) is 1. The van der Waals surface area contributed by atoms with E-state index < -0.39 is 17.8 Å². The number of fused-ring (bicyclic) bond motifs is 1. The molecule has 0 heterocycles. The van der Waals surface area contributed by atoms with E-state index in [2.05, 4.69) is 15.4 Å². The number of carbonyl (C=O) groups excluding carboxylic acids is 2. The SMILES string of the molecule is COC(=O)NC(C(=O)NC1(N)Cc2ccccc2C1)C(C)C. The largest absolute Gasteiger partial charge is 0.453 e. The van der Waals surface area contributed by atoms with Crippen molar-refractivity contribution in [2.45, 2.75) is 38.4 Å². The summed E-state index contributed by atoms with van der Waals surface area (Å²) in [5.41, 5.74) is 7.81. The predicted molar refractivity (Wildman–Crippen MR) is 83.1 cm³/mol. The summed E-state index contributed by atoms with van der Waals surface area (Å²) >= 11 is 0. The number of carbonyl (C=O) groups is 2. The van der Waals surface area contributed by atoms with Gasteiger partial charge in [-0.2, -0.15) is 0 Å². The van der Waals surface area contributed by atoms with Crippen LogP contribution >= 0.6 is 0 Å². The lowest BCUT2D eigenvalue weighted by molar-refractivity contribution is -0.125. The van der Waals surface area contributed by atoms with Crippen molar-refractivity contribution in [3.63, 3.8) is 0 Å². The van der Waals surface area contributed by atoms with Gasteiger partial charge in [-0.25, -0.2) is 4.79 Å². The van der Waals surface area contributed by atoms with Crippen LogP contribution in [0.2, 0.25) is 0 Å². The molecule has 0 bridgehead atoms. The van der Waals surface area contributed by atoms with E-state index in [1.54, 1.807) is 0 Å². The highest BCUT2D eigenvalue weighted by Crippen LogP contribution is 2.26. The summed E-state index contributed by atoms with van der Waals surface area (Å²) in [6.45, 7) is 3.71. The van der Waals surface area contributed by atoms with Crippen molar-refractivity contribution in [2.24, 2.45) is 11.7 Å². The topological polar surface area (TPSA) is 93.4 Å². The molecule has 1 atom stereocenters. The van der Waals surface area contributed by atoms with E-state index in [0.717, 1.165) is 11.1 Å². The van der Waals surface area contributed by atoms with E-state index in [-0.39, 0.29) is 11.8 Å². The Bertz CT molecular complexity index is 547. The minimum atomic E-state index is -0.814. The normalized spacial score (nSPS) is 16.8. The average molecular weight is 305 g/mol. The first-order chi connectivity index (χ1) is 10.3. The van der Waals surface area contributed by atoms with Crippen LogP contribution in [-0.4, -0.2) is 30.8 Å². The van der Waals surface area contributed by atoms with E-state index in [4.69, 9.17) is 5.73 Å². The Hall–Kier alpha value is -2.08. The van der Waals surface area contributed by atoms with Crippen LogP contribution in [0.4, 0.5) is 4.79 Å². The number of hydrogen-bond acceptors (Lipinski definition) is 4. The van der Waals surface area contributed by atoms with E-state index in [9.17, 15) is 9.59 Å². The molecular weight excluding hydrogens is 282 g/mol. The number of nitrogens with two attached hydrogens (primary N) is 1. The van der Waals surface area contributed by atoms with Gasteiger partial charge in [-0.1, -0.05) is 38.1 Å². The van der Waals surface area contributed by atoms with Gasteiger partial charge in [-0.15, -0.1) is 0 Å². The second-order valence-corrected chi connectivity index (χ2v) is 6.13. The zero-order chi connectivity index (χ0) is 16.3. The fourth-order valence-corrected chi connectivity index (χ4v) is 2.78. The van der Waals surface area contributed by atoms with Gasteiger partial charge >= 0.3 is 6.09 Å². The zero-order valence-corrected chi connectivity index (χ0v) is 13.2. The number of hydrogen-bond donors (Lipinski definition) is 3. The molecule has 1 aliphatic rings. The molecule has 6 nitrogen and oxygen atoms in total. The maximum absolute atomic E-state index is 12.5. The van der Waals surface area contributed by atoms with Crippen LogP contribution in [0.3, 0.4) is 0 Å². The van der Waals surface area contributed by atoms with Crippen molar-refractivity contribution in [1.82, 2.24) is 10.6 Å². The number of amides is 2. The van der Waals surface area contributed by atoms with E-state index in [0.29, 0.717) is 12.8 Å². The lowest BCUT2D eigenvalue weighted by Crippen LogP contribution is -2.62. The first-order valence-corrected chi connectivity index (χ1v) is 7.37. The Labute approximate surface area is 130 Å². The highest BCUT2D eigenvalue weighted by molar-refractivity contribution is 5.86. The summed E-state index contributed by atoms with van der Waals surface area (Å²) in [5.74, 6) is -0.373. The Kier molecular flexibility index (Phi) is 4.71. The molecule has 0 aliphatic heterocycles. The maximum atomic E-state index is 12.5. The fraction of sp³-hybridized carbons (Fsp3) is 0.500. The summed E-state index contributed by atoms with van der Waals surface area (Å²) < 4.78 is 4.57. The third-order valence-electron chi connectivity index (χ3n) is 3.91. The molecule has 0 aromatic heterocycles. The Morgan fingerprint density at radius 3 is 2.23 bits per heavy atom. The van der Waals surface area contributed by atoms with Crippen molar-refractivity contribution in [2.75, 3.05) is 7.11 Å². The maximum Gasteiger partial charge on any atom is 0.407 e. The molecule has 4 N–H and O–H groups in total. The highest BCUT2D eigenvalue weighted by atomic mass is 16.5. The van der Waals surface area contributed by atoms with Gasteiger partial charge in [0.05, 0.1) is 12.8 Å². The van der Waals surface area contributed by atoms with Crippen LogP contribution in [-0.2, 0) is 22.4 Å². The molecule has 1 unspecified atom stereocenters. The van der Waals surface area contributed by atoms with Crippen molar-refractivity contribution >= 4 is 12.0 Å². The summed E-state index contributed by atoms with van der Waals surface area (Å²) in [6.07, 6.45) is 0.533. The average Bonchev–Trinajstić information content (AvgIpc) is 2.79. The smallest absolute Gasteiger partial charge is 0.407 e. The number of rotatable bonds is 4. The van der Waals surface area contributed by atoms with Gasteiger partial charge in [0.25, 0.3) is 0 Å². The molecule has 2 rings (SSSR count). The molecule has 0 saturated carbocycles. The van der Waals surface area contributed by atoms with Crippen molar-refractivity contribution in [3.8, 4) is 0 Å². The summed E-state index contributed by atoms with van der Waals surface area (Å²) in [4.78, 5) is 23.9. The molecule has 2 amide bonds. The third-order valence-corrected chi connectivity index (χ3v) is 3.91. The lowest BCUT2D eigenvalue weighted by atomic mass is 10.0. The van der Waals surface area contributed by atoms with Crippen molar-refractivity contribution < 1.29 is 14.3 Å². The predicted octanol–water partition coefficient (Wildman–Crippen LogP) is 0.937. The third kappa shape index (κ3) is 3.57. The van der Waals surface area contributed by atoms with Crippen LogP contribution in [0.5, 0.6) is 0 Å². The molecule has 120 valence electrons. The number of alkyl carbamates (subject to hydrolysis) is 1. The van der Waals surface area contributed by atoms with Gasteiger partial charge in [0, 0.05) is 12.8 Å². The second-order valence-electron chi connectivity index (χ2n) is 6.13. The van der Waals surface area contributed by atoms with E-state index in [1.165, 1.54) is 7.11 Å². The van der Waals surface area contributed by atoms with E-state index >= 15 is 0 Å². The van der Waals surface area contributed by atoms with Gasteiger partial charge in [0.1, 0.15) is 6.04 Å². The van der Waals surface area contributed by atoms with Crippen LogP contribution in [0.1, 0.15) is 25.0 Å². The number of methoxy groups -OCH3 is 1. The Morgan fingerprint density at radius 1 is 1.23 bits per heavy atom. The molecule has 22 heavy (non-hydrogen) atoms. The van der Waals surface area contributed by atoms with Crippen LogP contribution < -0.4 is 16.4 Å². The molecule has 1 aromatic carbocycles. The van der Waals surface area contributed by atoms with Crippen LogP contribution in [0.25, 0.3) is 0 Å². The first-order valence-electron chi connectivity index (χ1n) is 7.37. The van der Waals surface area contributed by atoms with Gasteiger partial charge in [-0.3, -0.25) is 4.79 Å². The molecule has 0 radical (unpaired) electrons. The van der Waals surface area contributed by atoms with Crippen LogP contribution in [0.15, 0.2) is 24.3 Å². The monoisotopic (exact) mass is 305 g/mol. The molecule has 0 saturated heterocycles. The van der Waals surface area contributed by atoms with Crippen molar-refractivity contribution in [1.29, 1.82) is 0 Å². The number of benzene rings is 1. The summed E-state index contributed by atoms with van der Waals surface area (Å²) in [6, 6.07) is 7.27. The fourth-order valence-electron chi connectivity index (χ4n) is 2.78. The van der Waals surface area contributed by atoms with Gasteiger partial charge in [0.2, 0.25) is 5.91 Å². The molecule has 6 heteroatoms. The number of nitrogens with one attached hydrogen (secondary N) is 2. The molecular formula is C16H23N3O3. The van der Waals surface area contributed by atoms with Gasteiger partial charge in [-0.05, 0) is 17.0 Å². The molecule has 1 aromatic rings. The van der Waals surface area contributed by atoms with Gasteiger partial charge < -0.3 is 21.1 Å². The minimum absolute atomic E-state index is 0.0773. The molecule has 0 fully saturated rings. The molecule has 1 aliphatic carbocycles. The standard InChI is InChI=1S/C16H23N3O3/c1-10(2)13(18-15(21)22-3)14(20)19-16(17)8-11-6-4-5-7-12(11)9-16/h4-7,10,13H,8-9,17H2,1-3H3,(H,18,21)(H,19,20). The highest BCUT2D eigenvalue weighted by Gasteiger charge is 2.37. The summed E-state index contributed by atoms with van der Waals surface area (Å²) in [5, 5.41) is 5.43. The first kappa shape index (κ1) is 16.3. The Morgan fingerprint density at radius 2 is 1.77 bits per heavy atom. The lowest BCUT2D eigenvalue weighted by Gasteiger charge is -2.29. The second kappa shape index (κ2) is 6.36. The summed E-state index contributed by atoms with van der Waals surface area (Å²) in [7, 11) is 1.27. The molecule has 0 spiro atoms. The minimum Gasteiger partial charge on any atom is -0.453 e. The Balaban J connectivity index is 2.06. The van der Waals surface area contributed by atoms with E-state index in [1.807, 2.05) is 38.1 Å².